The molecule has 1 unspecified atom stereocenters. The van der Waals surface area contributed by atoms with Crippen LogP contribution in [0.25, 0.3) is 11.0 Å². The summed E-state index contributed by atoms with van der Waals surface area (Å²) >= 11 is 0. The number of furan rings is 1. The molecule has 19 heavy (non-hydrogen) atoms. The van der Waals surface area contributed by atoms with E-state index in [0.29, 0.717) is 11.3 Å². The lowest BCUT2D eigenvalue weighted by Gasteiger charge is -2.37. The molecule has 2 N–H and O–H groups in total. The van der Waals surface area contributed by atoms with Gasteiger partial charge in [-0.2, -0.15) is 0 Å². The highest BCUT2D eigenvalue weighted by Gasteiger charge is 2.36. The van der Waals surface area contributed by atoms with Crippen LogP contribution in [0.15, 0.2) is 28.7 Å². The Balaban J connectivity index is 1.97. The van der Waals surface area contributed by atoms with E-state index in [1.807, 2.05) is 12.1 Å². The minimum Gasteiger partial charge on any atom is -0.456 e. The summed E-state index contributed by atoms with van der Waals surface area (Å²) in [4.78, 5) is 0. The number of para-hydroxylation sites is 1. The Hall–Kier alpha value is -1.35. The smallest absolute Gasteiger partial charge is 0.169 e. The van der Waals surface area contributed by atoms with Gasteiger partial charge in [0.05, 0.1) is 6.04 Å². The van der Waals surface area contributed by atoms with Gasteiger partial charge in [-0.15, -0.1) is 0 Å². The van der Waals surface area contributed by atoms with Crippen molar-refractivity contribution in [3.8, 4) is 0 Å². The summed E-state index contributed by atoms with van der Waals surface area (Å²) < 4.78 is 19.3. The van der Waals surface area contributed by atoms with E-state index in [0.717, 1.165) is 18.2 Å². The summed E-state index contributed by atoms with van der Waals surface area (Å²) in [5.41, 5.74) is 6.80. The molecular weight excluding hydrogens is 241 g/mol. The van der Waals surface area contributed by atoms with Gasteiger partial charge in [-0.05, 0) is 30.4 Å². The number of hydrogen-bond acceptors (Lipinski definition) is 2. The second kappa shape index (κ2) is 4.64. The van der Waals surface area contributed by atoms with Crippen molar-refractivity contribution < 1.29 is 8.81 Å². The number of rotatable bonds is 2. The fourth-order valence-electron chi connectivity index (χ4n) is 3.21. The highest BCUT2D eigenvalue weighted by atomic mass is 19.1. The van der Waals surface area contributed by atoms with E-state index in [1.165, 1.54) is 25.3 Å². The predicted octanol–water partition coefficient (Wildman–Crippen LogP) is 4.54. The summed E-state index contributed by atoms with van der Waals surface area (Å²) in [7, 11) is 0. The van der Waals surface area contributed by atoms with Crippen LogP contribution in [0.2, 0.25) is 0 Å². The Morgan fingerprint density at radius 3 is 2.68 bits per heavy atom. The summed E-state index contributed by atoms with van der Waals surface area (Å²) in [5, 5.41) is 0.796. The molecule has 0 bridgehead atoms. The lowest BCUT2D eigenvalue weighted by molar-refractivity contribution is 0.156. The minimum absolute atomic E-state index is 0.0720. The summed E-state index contributed by atoms with van der Waals surface area (Å²) in [6.07, 6.45) is 5.97. The van der Waals surface area contributed by atoms with E-state index >= 15 is 0 Å². The van der Waals surface area contributed by atoms with Crippen LogP contribution in [0.3, 0.4) is 0 Å². The number of fused-ring (bicyclic) bond motifs is 1. The van der Waals surface area contributed by atoms with Gasteiger partial charge in [0.2, 0.25) is 0 Å². The van der Waals surface area contributed by atoms with Crippen LogP contribution < -0.4 is 5.73 Å². The molecule has 3 rings (SSSR count). The summed E-state index contributed by atoms with van der Waals surface area (Å²) in [5.74, 6) is 0.397. The maximum absolute atomic E-state index is 13.7. The molecule has 3 heteroatoms. The maximum Gasteiger partial charge on any atom is 0.169 e. The van der Waals surface area contributed by atoms with E-state index in [-0.39, 0.29) is 17.3 Å². The summed E-state index contributed by atoms with van der Waals surface area (Å²) in [6.45, 7) is 2.22. The van der Waals surface area contributed by atoms with Gasteiger partial charge < -0.3 is 10.2 Å². The molecule has 1 aromatic carbocycles. The molecule has 1 saturated carbocycles. The molecule has 0 saturated heterocycles. The molecule has 1 heterocycles. The fraction of sp³-hybridized carbons (Fsp3) is 0.500. The first-order valence-electron chi connectivity index (χ1n) is 7.04. The van der Waals surface area contributed by atoms with Gasteiger partial charge in [-0.3, -0.25) is 0 Å². The summed E-state index contributed by atoms with van der Waals surface area (Å²) in [6, 6.07) is 6.72. The van der Waals surface area contributed by atoms with E-state index < -0.39 is 0 Å². The molecule has 2 nitrogen and oxygen atoms in total. The highest BCUT2D eigenvalue weighted by molar-refractivity contribution is 5.78. The van der Waals surface area contributed by atoms with E-state index in [4.69, 9.17) is 10.2 Å². The lowest BCUT2D eigenvalue weighted by atomic mass is 9.70. The molecule has 0 aliphatic heterocycles. The third-order valence-corrected chi connectivity index (χ3v) is 4.57. The van der Waals surface area contributed by atoms with Crippen LogP contribution in [0, 0.1) is 11.2 Å². The first-order chi connectivity index (χ1) is 9.10. The van der Waals surface area contributed by atoms with E-state index in [9.17, 15) is 4.39 Å². The molecule has 1 fully saturated rings. The zero-order valence-corrected chi connectivity index (χ0v) is 11.3. The number of halogens is 1. The standard InChI is InChI=1S/C16H20FNO/c1-16(8-3-2-4-9-16)15(18)13-10-11-6-5-7-12(17)14(11)19-13/h5-7,10,15H,2-4,8-9,18H2,1H3. The first-order valence-corrected chi connectivity index (χ1v) is 7.04. The van der Waals surface area contributed by atoms with Crippen molar-refractivity contribution in [3.05, 3.63) is 35.8 Å². The molecule has 102 valence electrons. The van der Waals surface area contributed by atoms with Crippen LogP contribution >= 0.6 is 0 Å². The normalized spacial score (nSPS) is 20.6. The molecule has 1 aliphatic rings. The Labute approximate surface area is 112 Å². The molecule has 1 atom stereocenters. The zero-order chi connectivity index (χ0) is 13.5. The Kier molecular flexibility index (Phi) is 3.09. The number of nitrogens with two attached hydrogens (primary N) is 1. The van der Waals surface area contributed by atoms with Gasteiger partial charge in [0.1, 0.15) is 5.76 Å². The van der Waals surface area contributed by atoms with Gasteiger partial charge in [-0.25, -0.2) is 4.39 Å². The largest absolute Gasteiger partial charge is 0.456 e. The van der Waals surface area contributed by atoms with Crippen LogP contribution in [-0.2, 0) is 0 Å². The van der Waals surface area contributed by atoms with Gasteiger partial charge in [0.15, 0.2) is 11.4 Å². The first kappa shape index (κ1) is 12.7. The highest BCUT2D eigenvalue weighted by Crippen LogP contribution is 2.45. The molecular formula is C16H20FNO. The average molecular weight is 261 g/mol. The monoisotopic (exact) mass is 261 g/mol. The van der Waals surface area contributed by atoms with Gasteiger partial charge in [0.25, 0.3) is 0 Å². The van der Waals surface area contributed by atoms with Crippen molar-refractivity contribution in [3.63, 3.8) is 0 Å². The third-order valence-electron chi connectivity index (χ3n) is 4.57. The van der Waals surface area contributed by atoms with Gasteiger partial charge >= 0.3 is 0 Å². The van der Waals surface area contributed by atoms with Crippen LogP contribution in [0.1, 0.15) is 50.8 Å². The Morgan fingerprint density at radius 1 is 1.26 bits per heavy atom. The fourth-order valence-corrected chi connectivity index (χ4v) is 3.21. The van der Waals surface area contributed by atoms with E-state index in [1.54, 1.807) is 6.07 Å². The maximum atomic E-state index is 13.7. The van der Waals surface area contributed by atoms with Crippen molar-refractivity contribution in [1.29, 1.82) is 0 Å². The molecule has 0 amide bonds. The van der Waals surface area contributed by atoms with Crippen molar-refractivity contribution in [2.24, 2.45) is 11.1 Å². The van der Waals surface area contributed by atoms with E-state index in [2.05, 4.69) is 6.92 Å². The lowest BCUT2D eigenvalue weighted by Crippen LogP contribution is -2.33. The molecule has 1 aliphatic carbocycles. The second-order valence-electron chi connectivity index (χ2n) is 6.00. The molecule has 0 spiro atoms. The van der Waals surface area contributed by atoms with Crippen molar-refractivity contribution in [2.45, 2.75) is 45.1 Å². The van der Waals surface area contributed by atoms with Crippen molar-refractivity contribution in [1.82, 2.24) is 0 Å². The predicted molar refractivity (Wildman–Crippen MR) is 74.3 cm³/mol. The topological polar surface area (TPSA) is 39.2 Å². The average Bonchev–Trinajstić information content (AvgIpc) is 2.84. The number of benzene rings is 1. The molecule has 1 aromatic heterocycles. The molecule has 2 aromatic rings. The Morgan fingerprint density at radius 2 is 2.00 bits per heavy atom. The second-order valence-corrected chi connectivity index (χ2v) is 6.00. The minimum atomic E-state index is -0.315. The van der Waals surface area contributed by atoms with Crippen LogP contribution in [-0.4, -0.2) is 0 Å². The Bertz CT molecular complexity index is 583. The van der Waals surface area contributed by atoms with Gasteiger partial charge in [0, 0.05) is 5.39 Å². The quantitative estimate of drug-likeness (QED) is 0.861. The van der Waals surface area contributed by atoms with Crippen LogP contribution in [0.4, 0.5) is 4.39 Å². The third kappa shape index (κ3) is 2.16. The van der Waals surface area contributed by atoms with Crippen LogP contribution in [0.5, 0.6) is 0 Å². The number of hydrogen-bond donors (Lipinski definition) is 1. The SMILES string of the molecule is CC1(C(N)c2cc3cccc(F)c3o2)CCCCC1. The van der Waals surface area contributed by atoms with Crippen molar-refractivity contribution >= 4 is 11.0 Å². The van der Waals surface area contributed by atoms with Gasteiger partial charge in [-0.1, -0.05) is 38.3 Å². The molecule has 0 radical (unpaired) electrons. The zero-order valence-electron chi connectivity index (χ0n) is 11.3. The van der Waals surface area contributed by atoms with Crippen molar-refractivity contribution in [2.75, 3.05) is 0 Å².